The van der Waals surface area contributed by atoms with Gasteiger partial charge in [0.05, 0.1) is 19.8 Å². The topological polar surface area (TPSA) is 18.5 Å². The van der Waals surface area contributed by atoms with Gasteiger partial charge in [-0.25, -0.2) is 0 Å². The van der Waals surface area contributed by atoms with Crippen molar-refractivity contribution in [1.29, 1.82) is 0 Å². The summed E-state index contributed by atoms with van der Waals surface area (Å²) in [5, 5.41) is 5.68. The average molecular weight is 539 g/mol. The van der Waals surface area contributed by atoms with Gasteiger partial charge in [0, 0.05) is 12.5 Å². The van der Waals surface area contributed by atoms with Crippen LogP contribution in [0, 0.1) is 0 Å². The summed E-state index contributed by atoms with van der Waals surface area (Å²) in [6.45, 7) is 19.5. The smallest absolute Gasteiger partial charge is 0.0725 e. The Labute approximate surface area is 243 Å². The molecular formula is C38H50O2. The average Bonchev–Trinajstić information content (AvgIpc) is 3.58. The maximum atomic E-state index is 5.65. The highest BCUT2D eigenvalue weighted by atomic mass is 16.5. The van der Waals surface area contributed by atoms with Crippen LogP contribution in [0.4, 0.5) is 0 Å². The third-order valence-electron chi connectivity index (χ3n) is 7.79. The van der Waals surface area contributed by atoms with E-state index < -0.39 is 0 Å². The monoisotopic (exact) mass is 538 g/mol. The lowest BCUT2D eigenvalue weighted by molar-refractivity contribution is 0.0706. The SMILES string of the molecule is CC.CC.CC.CC.c1cc2c3c(cccc3c1)C1=C2CCOC1.c1cc2c3c(cccc3c1)C1COCCC21. The van der Waals surface area contributed by atoms with Gasteiger partial charge in [0.25, 0.3) is 0 Å². The Morgan fingerprint density at radius 2 is 1.05 bits per heavy atom. The van der Waals surface area contributed by atoms with Crippen LogP contribution < -0.4 is 0 Å². The number of benzene rings is 4. The standard InChI is InChI=1S/C15H14O.C15H12O.4C2H6/c2*1-3-10-4-2-6-13-14-9-16-8-7-11(14)12(5-1)15(10)13;4*1-2/h1-6,11,14H,7-9H2;1-6H,7-9H2;4*1-2H3. The summed E-state index contributed by atoms with van der Waals surface area (Å²) < 4.78 is 11.2. The van der Waals surface area contributed by atoms with E-state index in [1.807, 2.05) is 55.4 Å². The van der Waals surface area contributed by atoms with Crippen LogP contribution in [0.2, 0.25) is 0 Å². The zero-order valence-corrected chi connectivity index (χ0v) is 26.1. The van der Waals surface area contributed by atoms with Crippen molar-refractivity contribution in [3.05, 3.63) is 95.1 Å². The Morgan fingerprint density at radius 1 is 0.525 bits per heavy atom. The molecule has 2 aliphatic carbocycles. The second-order valence-electron chi connectivity index (χ2n) is 9.34. The van der Waals surface area contributed by atoms with Crippen LogP contribution in [0.1, 0.15) is 102 Å². The van der Waals surface area contributed by atoms with E-state index in [9.17, 15) is 0 Å². The molecule has 2 aliphatic heterocycles. The Bertz CT molecular complexity index is 1280. The summed E-state index contributed by atoms with van der Waals surface area (Å²) >= 11 is 0. The fourth-order valence-corrected chi connectivity index (χ4v) is 6.40. The molecule has 1 fully saturated rings. The predicted octanol–water partition coefficient (Wildman–Crippen LogP) is 11.0. The second-order valence-corrected chi connectivity index (χ2v) is 9.34. The summed E-state index contributed by atoms with van der Waals surface area (Å²) in [6, 6.07) is 26.6. The van der Waals surface area contributed by atoms with E-state index in [2.05, 4.69) is 72.8 Å². The summed E-state index contributed by atoms with van der Waals surface area (Å²) in [6.07, 6.45) is 2.24. The number of fused-ring (bicyclic) bond motifs is 5. The lowest BCUT2D eigenvalue weighted by atomic mass is 9.86. The quantitative estimate of drug-likeness (QED) is 0.222. The van der Waals surface area contributed by atoms with Crippen LogP contribution >= 0.6 is 0 Å². The first-order valence-corrected chi connectivity index (χ1v) is 15.8. The molecule has 0 bridgehead atoms. The van der Waals surface area contributed by atoms with Crippen LogP contribution in [0.5, 0.6) is 0 Å². The van der Waals surface area contributed by atoms with Crippen molar-refractivity contribution in [2.45, 2.75) is 80.1 Å². The van der Waals surface area contributed by atoms with Gasteiger partial charge in [-0.2, -0.15) is 0 Å². The highest BCUT2D eigenvalue weighted by Crippen LogP contribution is 2.50. The van der Waals surface area contributed by atoms with Gasteiger partial charge >= 0.3 is 0 Å². The molecule has 4 aromatic carbocycles. The molecule has 2 atom stereocenters. The summed E-state index contributed by atoms with van der Waals surface area (Å²) in [5.74, 6) is 1.31. The van der Waals surface area contributed by atoms with Gasteiger partial charge in [0.2, 0.25) is 0 Å². The molecule has 0 saturated carbocycles. The van der Waals surface area contributed by atoms with Crippen LogP contribution in [-0.4, -0.2) is 26.4 Å². The van der Waals surface area contributed by atoms with Crippen molar-refractivity contribution >= 4 is 32.7 Å². The van der Waals surface area contributed by atoms with E-state index in [1.165, 1.54) is 55.8 Å². The van der Waals surface area contributed by atoms with Crippen molar-refractivity contribution in [2.24, 2.45) is 0 Å². The minimum Gasteiger partial charge on any atom is -0.381 e. The Kier molecular flexibility index (Phi) is 12.4. The van der Waals surface area contributed by atoms with E-state index in [4.69, 9.17) is 9.47 Å². The normalized spacial score (nSPS) is 18.6. The van der Waals surface area contributed by atoms with E-state index in [1.54, 1.807) is 5.56 Å². The maximum absolute atomic E-state index is 5.65. The third kappa shape index (κ3) is 5.90. The van der Waals surface area contributed by atoms with Gasteiger partial charge < -0.3 is 9.47 Å². The summed E-state index contributed by atoms with van der Waals surface area (Å²) in [7, 11) is 0. The highest BCUT2D eigenvalue weighted by molar-refractivity contribution is 6.14. The van der Waals surface area contributed by atoms with E-state index in [0.717, 1.165) is 32.8 Å². The van der Waals surface area contributed by atoms with E-state index >= 15 is 0 Å². The molecular weight excluding hydrogens is 488 g/mol. The van der Waals surface area contributed by atoms with Gasteiger partial charge in [-0.1, -0.05) is 128 Å². The first-order valence-electron chi connectivity index (χ1n) is 15.8. The molecule has 0 spiro atoms. The van der Waals surface area contributed by atoms with Crippen LogP contribution in [0.25, 0.3) is 32.7 Å². The Hall–Kier alpha value is -2.94. The van der Waals surface area contributed by atoms with Crippen molar-refractivity contribution in [2.75, 3.05) is 26.4 Å². The van der Waals surface area contributed by atoms with E-state index in [-0.39, 0.29) is 0 Å². The van der Waals surface area contributed by atoms with Crippen LogP contribution in [0.3, 0.4) is 0 Å². The van der Waals surface area contributed by atoms with Crippen LogP contribution in [0.15, 0.2) is 72.8 Å². The number of hydrogen-bond donors (Lipinski definition) is 0. The Morgan fingerprint density at radius 3 is 1.68 bits per heavy atom. The lowest BCUT2D eigenvalue weighted by Gasteiger charge is -2.26. The van der Waals surface area contributed by atoms with Gasteiger partial charge in [-0.3, -0.25) is 0 Å². The molecule has 2 heterocycles. The summed E-state index contributed by atoms with van der Waals surface area (Å²) in [4.78, 5) is 0. The number of hydrogen-bond acceptors (Lipinski definition) is 2. The van der Waals surface area contributed by atoms with Crippen molar-refractivity contribution in [3.8, 4) is 0 Å². The van der Waals surface area contributed by atoms with Gasteiger partial charge in [-0.05, 0) is 73.7 Å². The fraction of sp³-hybridized carbons (Fsp3) is 0.421. The molecule has 2 nitrogen and oxygen atoms in total. The van der Waals surface area contributed by atoms with Gasteiger partial charge in [0.15, 0.2) is 0 Å². The minimum atomic E-state index is 0.606. The molecule has 0 amide bonds. The van der Waals surface area contributed by atoms with Crippen molar-refractivity contribution < 1.29 is 9.47 Å². The molecule has 4 aromatic rings. The molecule has 1 saturated heterocycles. The van der Waals surface area contributed by atoms with Gasteiger partial charge in [0.1, 0.15) is 0 Å². The fourth-order valence-electron chi connectivity index (χ4n) is 6.40. The molecule has 0 aromatic heterocycles. The first-order chi connectivity index (χ1) is 19.9. The van der Waals surface area contributed by atoms with Crippen molar-refractivity contribution in [3.63, 3.8) is 0 Å². The van der Waals surface area contributed by atoms with E-state index in [0.29, 0.717) is 11.8 Å². The van der Waals surface area contributed by atoms with Gasteiger partial charge in [-0.15, -0.1) is 0 Å². The zero-order chi connectivity index (χ0) is 29.1. The number of rotatable bonds is 0. The molecule has 2 unspecified atom stereocenters. The first kappa shape index (κ1) is 31.6. The molecule has 8 rings (SSSR count). The predicted molar refractivity (Wildman–Crippen MR) is 176 cm³/mol. The minimum absolute atomic E-state index is 0.606. The Balaban J connectivity index is 0.000000177. The zero-order valence-electron chi connectivity index (χ0n) is 26.1. The number of ether oxygens (including phenoxy) is 2. The molecule has 214 valence electrons. The molecule has 4 aliphatic rings. The molecule has 0 N–H and O–H groups in total. The van der Waals surface area contributed by atoms with Crippen molar-refractivity contribution in [1.82, 2.24) is 0 Å². The third-order valence-corrected chi connectivity index (χ3v) is 7.79. The molecule has 2 heteroatoms. The molecule has 0 radical (unpaired) electrons. The summed E-state index contributed by atoms with van der Waals surface area (Å²) in [5.41, 5.74) is 8.82. The molecule has 40 heavy (non-hydrogen) atoms. The lowest BCUT2D eigenvalue weighted by Crippen LogP contribution is -2.20. The van der Waals surface area contributed by atoms with Crippen LogP contribution in [-0.2, 0) is 9.47 Å². The maximum Gasteiger partial charge on any atom is 0.0725 e. The second kappa shape index (κ2) is 15.7. The highest BCUT2D eigenvalue weighted by Gasteiger charge is 2.36. The largest absolute Gasteiger partial charge is 0.381 e.